The van der Waals surface area contributed by atoms with Gasteiger partial charge in [-0.1, -0.05) is 12.8 Å². The van der Waals surface area contributed by atoms with Gasteiger partial charge in [-0.3, -0.25) is 9.59 Å². The first-order valence-corrected chi connectivity index (χ1v) is 8.41. The smallest absolute Gasteiger partial charge is 0.224 e. The molecule has 0 fully saturated rings. The fraction of sp³-hybridized carbons (Fsp3) is 0.556. The molecular formula is C18H26N2O4. The van der Waals surface area contributed by atoms with Gasteiger partial charge in [0, 0.05) is 24.2 Å². The van der Waals surface area contributed by atoms with Crippen LogP contribution in [0.2, 0.25) is 0 Å². The maximum atomic E-state index is 12.1. The van der Waals surface area contributed by atoms with E-state index in [2.05, 4.69) is 10.6 Å². The van der Waals surface area contributed by atoms with Gasteiger partial charge in [-0.2, -0.15) is 0 Å². The number of carbonyl (C=O) groups is 2. The summed E-state index contributed by atoms with van der Waals surface area (Å²) in [7, 11) is 3.12. The lowest BCUT2D eigenvalue weighted by Gasteiger charge is -2.15. The Morgan fingerprint density at radius 3 is 1.54 bits per heavy atom. The molecule has 0 atom stereocenters. The van der Waals surface area contributed by atoms with Gasteiger partial charge in [0.25, 0.3) is 0 Å². The summed E-state index contributed by atoms with van der Waals surface area (Å²) in [5.74, 6) is 1.13. The highest BCUT2D eigenvalue weighted by Crippen LogP contribution is 2.29. The summed E-state index contributed by atoms with van der Waals surface area (Å²) in [6.07, 6.45) is 4.43. The van der Waals surface area contributed by atoms with E-state index in [0.29, 0.717) is 24.6 Å². The molecule has 2 bridgehead atoms. The fourth-order valence-corrected chi connectivity index (χ4v) is 2.83. The summed E-state index contributed by atoms with van der Waals surface area (Å²) >= 11 is 0. The third-order valence-electron chi connectivity index (χ3n) is 4.13. The van der Waals surface area contributed by atoms with Crippen LogP contribution in [0.25, 0.3) is 0 Å². The summed E-state index contributed by atoms with van der Waals surface area (Å²) in [4.78, 5) is 24.2. The minimum atomic E-state index is -0.0343. The van der Waals surface area contributed by atoms with Crippen LogP contribution in [0.15, 0.2) is 12.1 Å². The predicted octanol–water partition coefficient (Wildman–Crippen LogP) is 1.60. The molecule has 1 aromatic carbocycles. The highest BCUT2D eigenvalue weighted by Gasteiger charge is 2.16. The molecule has 0 aliphatic carbocycles. The summed E-state index contributed by atoms with van der Waals surface area (Å²) < 4.78 is 10.8. The van der Waals surface area contributed by atoms with E-state index < -0.39 is 0 Å². The van der Waals surface area contributed by atoms with Crippen molar-refractivity contribution in [3.05, 3.63) is 23.3 Å². The van der Waals surface area contributed by atoms with Crippen molar-refractivity contribution in [2.75, 3.05) is 27.3 Å². The molecule has 2 N–H and O–H groups in total. The van der Waals surface area contributed by atoms with Crippen LogP contribution in [0.5, 0.6) is 11.5 Å². The first-order valence-electron chi connectivity index (χ1n) is 8.41. The van der Waals surface area contributed by atoms with Crippen LogP contribution in [0.1, 0.15) is 36.8 Å². The van der Waals surface area contributed by atoms with E-state index in [1.807, 2.05) is 0 Å². The monoisotopic (exact) mass is 334 g/mol. The van der Waals surface area contributed by atoms with E-state index >= 15 is 0 Å². The Morgan fingerprint density at radius 1 is 0.750 bits per heavy atom. The number of hydrogen-bond acceptors (Lipinski definition) is 4. The Bertz CT molecular complexity index is 535. The second-order valence-electron chi connectivity index (χ2n) is 5.94. The molecule has 24 heavy (non-hydrogen) atoms. The number of methoxy groups -OCH3 is 2. The van der Waals surface area contributed by atoms with Gasteiger partial charge >= 0.3 is 0 Å². The normalized spacial score (nSPS) is 17.1. The van der Waals surface area contributed by atoms with Crippen molar-refractivity contribution in [3.8, 4) is 11.5 Å². The Labute approximate surface area is 142 Å². The number of amides is 2. The lowest BCUT2D eigenvalue weighted by atomic mass is 10.0. The summed E-state index contributed by atoms with van der Waals surface area (Å²) in [6, 6.07) is 3.57. The molecular weight excluding hydrogens is 308 g/mol. The van der Waals surface area contributed by atoms with E-state index in [1.165, 1.54) is 0 Å². The summed E-state index contributed by atoms with van der Waals surface area (Å²) in [5, 5.41) is 5.88. The molecule has 0 radical (unpaired) electrons. The summed E-state index contributed by atoms with van der Waals surface area (Å²) in [5.41, 5.74) is 1.51. The van der Waals surface area contributed by atoms with Gasteiger partial charge in [-0.05, 0) is 25.0 Å². The maximum absolute atomic E-state index is 12.1. The molecule has 6 heteroatoms. The molecule has 2 amide bonds. The zero-order chi connectivity index (χ0) is 17.4. The van der Waals surface area contributed by atoms with Gasteiger partial charge in [0.15, 0.2) is 0 Å². The first-order chi connectivity index (χ1) is 11.6. The number of nitrogens with one attached hydrogen (secondary N) is 2. The number of ether oxygens (including phenoxy) is 2. The Kier molecular flexibility index (Phi) is 6.90. The molecule has 0 aromatic heterocycles. The molecule has 3 rings (SSSR count). The molecule has 0 unspecified atom stereocenters. The van der Waals surface area contributed by atoms with Gasteiger partial charge < -0.3 is 20.1 Å². The Balaban J connectivity index is 2.28. The van der Waals surface area contributed by atoms with Crippen LogP contribution in [0.3, 0.4) is 0 Å². The lowest BCUT2D eigenvalue weighted by molar-refractivity contribution is -0.121. The quantitative estimate of drug-likeness (QED) is 0.861. The van der Waals surface area contributed by atoms with E-state index in [-0.39, 0.29) is 24.7 Å². The molecule has 0 saturated carbocycles. The lowest BCUT2D eigenvalue weighted by Crippen LogP contribution is -2.27. The largest absolute Gasteiger partial charge is 0.496 e. The number of fused-ring (bicyclic) bond motifs is 13. The van der Waals surface area contributed by atoms with E-state index in [9.17, 15) is 9.59 Å². The van der Waals surface area contributed by atoms with E-state index in [4.69, 9.17) is 9.47 Å². The second-order valence-corrected chi connectivity index (χ2v) is 5.94. The van der Waals surface area contributed by atoms with Crippen molar-refractivity contribution in [1.82, 2.24) is 10.6 Å². The molecule has 1 aromatic rings. The molecule has 2 heterocycles. The third kappa shape index (κ3) is 5.15. The third-order valence-corrected chi connectivity index (χ3v) is 4.13. The van der Waals surface area contributed by atoms with Gasteiger partial charge in [0.05, 0.1) is 27.1 Å². The van der Waals surface area contributed by atoms with Crippen molar-refractivity contribution in [3.63, 3.8) is 0 Å². The van der Waals surface area contributed by atoms with Crippen molar-refractivity contribution in [1.29, 1.82) is 0 Å². The predicted molar refractivity (Wildman–Crippen MR) is 91.4 cm³/mol. The van der Waals surface area contributed by atoms with Crippen LogP contribution in [-0.2, 0) is 22.4 Å². The minimum Gasteiger partial charge on any atom is -0.496 e. The molecule has 2 aliphatic rings. The molecule has 2 aliphatic heterocycles. The SMILES string of the molecule is COc1cc2c(OC)cc1CC(=O)NCCCCCCNC(=O)C2. The average molecular weight is 334 g/mol. The van der Waals surface area contributed by atoms with Crippen molar-refractivity contribution in [2.45, 2.75) is 38.5 Å². The molecule has 6 nitrogen and oxygen atoms in total. The number of hydrogen-bond donors (Lipinski definition) is 2. The topological polar surface area (TPSA) is 76.7 Å². The number of carbonyl (C=O) groups excluding carboxylic acids is 2. The second kappa shape index (κ2) is 9.15. The number of rotatable bonds is 2. The van der Waals surface area contributed by atoms with Crippen molar-refractivity contribution < 1.29 is 19.1 Å². The van der Waals surface area contributed by atoms with Crippen LogP contribution >= 0.6 is 0 Å². The standard InChI is InChI=1S/C18H26N2O4/c1-23-15-9-14-12-18(22)20-8-6-4-3-5-7-19-17(21)11-13(15)10-16(14)24-2/h9-10H,3-8,11-12H2,1-2H3,(H,19,21)(H,20,22). The van der Waals surface area contributed by atoms with Crippen molar-refractivity contribution >= 4 is 11.8 Å². The Morgan fingerprint density at radius 2 is 1.17 bits per heavy atom. The number of benzene rings is 1. The van der Waals surface area contributed by atoms with Gasteiger partial charge in [-0.25, -0.2) is 0 Å². The van der Waals surface area contributed by atoms with Gasteiger partial charge in [0.2, 0.25) is 11.8 Å². The van der Waals surface area contributed by atoms with Gasteiger partial charge in [-0.15, -0.1) is 0 Å². The van der Waals surface area contributed by atoms with Crippen LogP contribution in [0, 0.1) is 0 Å². The van der Waals surface area contributed by atoms with Crippen LogP contribution in [0.4, 0.5) is 0 Å². The average Bonchev–Trinajstić information content (AvgIpc) is 2.57. The highest BCUT2D eigenvalue weighted by molar-refractivity contribution is 5.81. The fourth-order valence-electron chi connectivity index (χ4n) is 2.83. The zero-order valence-electron chi connectivity index (χ0n) is 14.4. The maximum Gasteiger partial charge on any atom is 0.224 e. The van der Waals surface area contributed by atoms with E-state index in [0.717, 1.165) is 36.8 Å². The molecule has 0 saturated heterocycles. The minimum absolute atomic E-state index is 0.0343. The van der Waals surface area contributed by atoms with Crippen LogP contribution < -0.4 is 20.1 Å². The summed E-state index contributed by atoms with van der Waals surface area (Å²) in [6.45, 7) is 1.34. The zero-order valence-corrected chi connectivity index (χ0v) is 14.4. The Hall–Kier alpha value is -2.24. The highest BCUT2D eigenvalue weighted by atomic mass is 16.5. The van der Waals surface area contributed by atoms with Gasteiger partial charge in [0.1, 0.15) is 11.5 Å². The molecule has 0 spiro atoms. The van der Waals surface area contributed by atoms with Crippen molar-refractivity contribution in [2.24, 2.45) is 0 Å². The first kappa shape index (κ1) is 18.1. The van der Waals surface area contributed by atoms with Crippen LogP contribution in [-0.4, -0.2) is 39.1 Å². The van der Waals surface area contributed by atoms with E-state index in [1.54, 1.807) is 26.4 Å². The molecule has 132 valence electrons.